The van der Waals surface area contributed by atoms with Gasteiger partial charge in [-0.1, -0.05) is 126 Å². The van der Waals surface area contributed by atoms with Crippen LogP contribution in [0.15, 0.2) is 83.3 Å². The fourth-order valence-corrected chi connectivity index (χ4v) is 9.91. The van der Waals surface area contributed by atoms with Crippen molar-refractivity contribution in [3.05, 3.63) is 128 Å². The Hall–Kier alpha value is -5.40. The number of benzene rings is 7. The number of halogens is 1. The van der Waals surface area contributed by atoms with Crippen molar-refractivity contribution in [2.45, 2.75) is 79.1 Å². The van der Waals surface area contributed by atoms with Crippen LogP contribution in [-0.2, 0) is 0 Å². The molecule has 7 aromatic rings. The topological polar surface area (TPSA) is 74.8 Å². The molecule has 2 aliphatic rings. The van der Waals surface area contributed by atoms with E-state index in [1.54, 1.807) is 0 Å². The number of nitrogens with zero attached hydrogens (tertiary/aromatic N) is 2. The highest BCUT2D eigenvalue weighted by Crippen LogP contribution is 2.50. The zero-order chi connectivity index (χ0) is 38.9. The first-order valence-corrected chi connectivity index (χ1v) is 20.0. The van der Waals surface area contributed by atoms with Crippen LogP contribution in [0.25, 0.3) is 43.1 Å². The Morgan fingerprint density at radius 1 is 0.400 bits per heavy atom. The van der Waals surface area contributed by atoms with Gasteiger partial charge in [0.15, 0.2) is 0 Å². The summed E-state index contributed by atoms with van der Waals surface area (Å²) < 4.78 is 0.700. The Balaban J connectivity index is 1.30. The van der Waals surface area contributed by atoms with Gasteiger partial charge < -0.3 is 0 Å². The number of para-hydroxylation sites is 2. The molecule has 0 N–H and O–H groups in total. The number of amides is 4. The fourth-order valence-electron chi connectivity index (χ4n) is 9.26. The van der Waals surface area contributed by atoms with Gasteiger partial charge in [-0.25, -0.2) is 9.80 Å². The molecule has 274 valence electrons. The van der Waals surface area contributed by atoms with E-state index in [9.17, 15) is 19.2 Å². The number of carbonyl (C=O) groups excluding carboxylic acids is 4. The highest BCUT2D eigenvalue weighted by Gasteiger charge is 2.41. The smallest absolute Gasteiger partial charge is 0.266 e. The van der Waals surface area contributed by atoms with Gasteiger partial charge in [-0.15, -0.1) is 0 Å². The van der Waals surface area contributed by atoms with Crippen molar-refractivity contribution in [3.8, 4) is 0 Å². The van der Waals surface area contributed by atoms with E-state index in [-0.39, 0.29) is 47.3 Å². The molecule has 55 heavy (non-hydrogen) atoms. The van der Waals surface area contributed by atoms with Crippen LogP contribution < -0.4 is 9.80 Å². The summed E-state index contributed by atoms with van der Waals surface area (Å²) in [7, 11) is 0. The molecular formula is C48H41BrN2O4. The Morgan fingerprint density at radius 2 is 0.745 bits per heavy atom. The molecule has 2 heterocycles. The Bertz CT molecular complexity index is 2810. The highest BCUT2D eigenvalue weighted by molar-refractivity contribution is 9.10. The fraction of sp³-hybridized carbons (Fsp3) is 0.250. The van der Waals surface area contributed by atoms with E-state index < -0.39 is 0 Å². The molecule has 2 aliphatic heterocycles. The van der Waals surface area contributed by atoms with Crippen LogP contribution in [0, 0.1) is 0 Å². The molecule has 7 heteroatoms. The molecule has 0 unspecified atom stereocenters. The third-order valence-electron chi connectivity index (χ3n) is 11.8. The molecule has 6 nitrogen and oxygen atoms in total. The van der Waals surface area contributed by atoms with E-state index >= 15 is 0 Å². The predicted molar refractivity (Wildman–Crippen MR) is 227 cm³/mol. The largest absolute Gasteiger partial charge is 0.268 e. The molecule has 0 saturated heterocycles. The number of imide groups is 2. The van der Waals surface area contributed by atoms with Gasteiger partial charge in [0.1, 0.15) is 0 Å². The molecule has 9 rings (SSSR count). The second-order valence-corrected chi connectivity index (χ2v) is 17.2. The van der Waals surface area contributed by atoms with Crippen LogP contribution in [0.2, 0.25) is 0 Å². The van der Waals surface area contributed by atoms with Crippen molar-refractivity contribution >= 4 is 94.0 Å². The molecule has 0 atom stereocenters. The van der Waals surface area contributed by atoms with Crippen molar-refractivity contribution in [2.75, 3.05) is 9.80 Å². The summed E-state index contributed by atoms with van der Waals surface area (Å²) in [5, 5.41) is 6.26. The van der Waals surface area contributed by atoms with Crippen molar-refractivity contribution in [1.82, 2.24) is 0 Å². The van der Waals surface area contributed by atoms with Gasteiger partial charge in [0.05, 0.1) is 16.9 Å². The minimum atomic E-state index is -0.355. The van der Waals surface area contributed by atoms with Gasteiger partial charge in [0.2, 0.25) is 0 Å². The monoisotopic (exact) mass is 788 g/mol. The van der Waals surface area contributed by atoms with Gasteiger partial charge >= 0.3 is 0 Å². The summed E-state index contributed by atoms with van der Waals surface area (Å²) in [5.41, 5.74) is 7.02. The van der Waals surface area contributed by atoms with Gasteiger partial charge in [-0.3, -0.25) is 19.2 Å². The molecule has 0 aliphatic carbocycles. The summed E-state index contributed by atoms with van der Waals surface area (Å²) in [4.78, 5) is 61.7. The molecule has 0 radical (unpaired) electrons. The standard InChI is InChI=1S/C48H41BrN2O4/c1-22(2)26-11-9-12-27(23(3)4)43(26)50-45(52)33-18-15-30-31-16-19-35-40-36(21-37(49)41(42(31)40)32-17-20-34(46(50)53)39(33)38(30)32)48(55)51(47(35)54)44-28(24(5)6)13-10-14-29(44)25(7)8/h9-25H,1-8H3. The van der Waals surface area contributed by atoms with Gasteiger partial charge in [-0.05, 0) is 91.7 Å². The van der Waals surface area contributed by atoms with Gasteiger partial charge in [0, 0.05) is 42.7 Å². The second-order valence-electron chi connectivity index (χ2n) is 16.3. The minimum Gasteiger partial charge on any atom is -0.268 e. The molecule has 0 aromatic heterocycles. The van der Waals surface area contributed by atoms with Gasteiger partial charge in [-0.2, -0.15) is 0 Å². The van der Waals surface area contributed by atoms with Crippen LogP contribution in [-0.4, -0.2) is 23.6 Å². The van der Waals surface area contributed by atoms with Crippen molar-refractivity contribution in [3.63, 3.8) is 0 Å². The van der Waals surface area contributed by atoms with E-state index in [1.165, 1.54) is 9.80 Å². The van der Waals surface area contributed by atoms with Crippen LogP contribution in [0.3, 0.4) is 0 Å². The van der Waals surface area contributed by atoms with Gasteiger partial charge in [0.25, 0.3) is 23.6 Å². The molecule has 0 spiro atoms. The molecule has 0 saturated carbocycles. The maximum atomic E-state index is 14.8. The summed E-state index contributed by atoms with van der Waals surface area (Å²) in [6.07, 6.45) is 0. The number of rotatable bonds is 6. The molecule has 0 fully saturated rings. The lowest BCUT2D eigenvalue weighted by Gasteiger charge is -2.34. The number of hydrogen-bond acceptors (Lipinski definition) is 4. The Labute approximate surface area is 328 Å². The normalized spacial score (nSPS) is 14.6. The summed E-state index contributed by atoms with van der Waals surface area (Å²) in [5.74, 6) is -1.03. The number of carbonyl (C=O) groups is 4. The number of anilines is 2. The second kappa shape index (κ2) is 12.3. The van der Waals surface area contributed by atoms with Crippen LogP contribution >= 0.6 is 15.9 Å². The van der Waals surface area contributed by atoms with E-state index in [2.05, 4.69) is 71.3 Å². The average Bonchev–Trinajstić information content (AvgIpc) is 3.15. The lowest BCUT2D eigenvalue weighted by Crippen LogP contribution is -2.42. The molecule has 4 amide bonds. The van der Waals surface area contributed by atoms with Crippen LogP contribution in [0.5, 0.6) is 0 Å². The predicted octanol–water partition coefficient (Wildman–Crippen LogP) is 12.6. The van der Waals surface area contributed by atoms with Crippen LogP contribution in [0.1, 0.15) is 143 Å². The molecule has 0 bridgehead atoms. The third kappa shape index (κ3) is 4.72. The van der Waals surface area contributed by atoms with Crippen LogP contribution in [0.4, 0.5) is 11.4 Å². The Morgan fingerprint density at radius 3 is 1.15 bits per heavy atom. The van der Waals surface area contributed by atoms with E-state index in [0.717, 1.165) is 54.6 Å². The highest BCUT2D eigenvalue weighted by atomic mass is 79.9. The zero-order valence-corrected chi connectivity index (χ0v) is 33.8. The first-order valence-electron chi connectivity index (χ1n) is 19.2. The zero-order valence-electron chi connectivity index (χ0n) is 32.2. The SMILES string of the molecule is CC(C)c1cccc(C(C)C)c1N1C(=O)c2ccc3c4ccc5c6c(cc(Br)c(c7ccc(c2c37)C1=O)c64)C(=O)N(c1c(C(C)C)cccc1C(C)C)C5=O. The summed E-state index contributed by atoms with van der Waals surface area (Å²) in [6, 6.07) is 25.3. The maximum Gasteiger partial charge on any atom is 0.266 e. The van der Waals surface area contributed by atoms with Crippen molar-refractivity contribution < 1.29 is 19.2 Å². The summed E-state index contributed by atoms with van der Waals surface area (Å²) in [6.45, 7) is 16.7. The quantitative estimate of drug-likeness (QED) is 0.0955. The van der Waals surface area contributed by atoms with E-state index in [1.807, 2.05) is 78.9 Å². The minimum absolute atomic E-state index is 0.0875. The number of fused-ring (bicyclic) bond motifs is 2. The van der Waals surface area contributed by atoms with Crippen molar-refractivity contribution in [1.29, 1.82) is 0 Å². The first kappa shape index (κ1) is 35.3. The molecular weight excluding hydrogens is 748 g/mol. The van der Waals surface area contributed by atoms with Crippen molar-refractivity contribution in [2.24, 2.45) is 0 Å². The average molecular weight is 790 g/mol. The molecule has 7 aromatic carbocycles. The third-order valence-corrected chi connectivity index (χ3v) is 12.4. The first-order chi connectivity index (χ1) is 26.2. The number of hydrogen-bond donors (Lipinski definition) is 0. The lowest BCUT2D eigenvalue weighted by molar-refractivity contribution is 0.0877. The Kier molecular flexibility index (Phi) is 7.90. The van der Waals surface area contributed by atoms with E-state index in [0.29, 0.717) is 48.9 Å². The lowest BCUT2D eigenvalue weighted by atomic mass is 9.81. The van der Waals surface area contributed by atoms with E-state index in [4.69, 9.17) is 0 Å². The summed E-state index contributed by atoms with van der Waals surface area (Å²) >= 11 is 3.87. The maximum absolute atomic E-state index is 14.8.